The molecular formula is C12H21N5O4. The summed E-state index contributed by atoms with van der Waals surface area (Å²) >= 11 is 0. The van der Waals surface area contributed by atoms with Gasteiger partial charge in [0, 0.05) is 20.1 Å². The van der Waals surface area contributed by atoms with Crippen molar-refractivity contribution in [3.63, 3.8) is 0 Å². The monoisotopic (exact) mass is 299 g/mol. The molecule has 1 rings (SSSR count). The van der Waals surface area contributed by atoms with E-state index in [1.165, 1.54) is 10.9 Å². The summed E-state index contributed by atoms with van der Waals surface area (Å²) in [5.74, 6) is -0.0561. The second kappa shape index (κ2) is 7.70. The molecular weight excluding hydrogens is 278 g/mol. The van der Waals surface area contributed by atoms with Crippen LogP contribution in [0.15, 0.2) is 12.4 Å². The topological polar surface area (TPSA) is 114 Å². The van der Waals surface area contributed by atoms with Crippen molar-refractivity contribution in [1.82, 2.24) is 20.0 Å². The van der Waals surface area contributed by atoms with Gasteiger partial charge < -0.3 is 15.3 Å². The largest absolute Gasteiger partial charge is 0.390 e. The Kier molecular flexibility index (Phi) is 6.25. The number of nitrogens with zero attached hydrogens (tertiary/aromatic N) is 4. The Balaban J connectivity index is 2.41. The fraction of sp³-hybridized carbons (Fsp3) is 0.667. The van der Waals surface area contributed by atoms with Crippen LogP contribution in [0.5, 0.6) is 0 Å². The molecule has 9 nitrogen and oxygen atoms in total. The molecule has 0 spiro atoms. The maximum absolute atomic E-state index is 11.8. The number of aliphatic hydroxyl groups is 1. The van der Waals surface area contributed by atoms with Crippen LogP contribution in [-0.2, 0) is 11.3 Å². The number of carbonyl (C=O) groups excluding carboxylic acids is 1. The van der Waals surface area contributed by atoms with Crippen molar-refractivity contribution in [3.8, 4) is 0 Å². The fourth-order valence-electron chi connectivity index (χ4n) is 1.71. The number of aromatic nitrogens is 2. The standard InChI is InChI=1S/C12H21N5O4/c1-4-15(3)12(19)9(2)13-6-11(18)8-16-7-10(5-14-16)17(20)21/h5,7,9,11,13,18H,4,6,8H2,1-3H3. The maximum Gasteiger partial charge on any atom is 0.306 e. The minimum absolute atomic E-state index is 0.0561. The molecule has 0 saturated heterocycles. The average Bonchev–Trinajstić information content (AvgIpc) is 2.91. The summed E-state index contributed by atoms with van der Waals surface area (Å²) in [5.41, 5.74) is -0.122. The van der Waals surface area contributed by atoms with Crippen molar-refractivity contribution >= 4 is 11.6 Å². The number of nitrogens with one attached hydrogen (secondary N) is 1. The first-order valence-electron chi connectivity index (χ1n) is 6.68. The van der Waals surface area contributed by atoms with E-state index in [-0.39, 0.29) is 24.7 Å². The van der Waals surface area contributed by atoms with E-state index in [9.17, 15) is 20.0 Å². The zero-order chi connectivity index (χ0) is 16.0. The summed E-state index contributed by atoms with van der Waals surface area (Å²) in [6.45, 7) is 4.53. The molecule has 1 aromatic heterocycles. The van der Waals surface area contributed by atoms with Crippen molar-refractivity contribution < 1.29 is 14.8 Å². The van der Waals surface area contributed by atoms with Crippen molar-refractivity contribution in [1.29, 1.82) is 0 Å². The number of aliphatic hydroxyl groups excluding tert-OH is 1. The number of carbonyl (C=O) groups is 1. The highest BCUT2D eigenvalue weighted by Gasteiger charge is 2.17. The lowest BCUT2D eigenvalue weighted by atomic mass is 10.2. The lowest BCUT2D eigenvalue weighted by Gasteiger charge is -2.21. The first kappa shape index (κ1) is 17.1. The van der Waals surface area contributed by atoms with Crippen LogP contribution < -0.4 is 5.32 Å². The Labute approximate surface area is 122 Å². The number of hydrogen-bond donors (Lipinski definition) is 2. The molecule has 0 aliphatic carbocycles. The van der Waals surface area contributed by atoms with Gasteiger partial charge in [-0.05, 0) is 13.8 Å². The van der Waals surface area contributed by atoms with Gasteiger partial charge in [0.05, 0.1) is 23.6 Å². The molecule has 21 heavy (non-hydrogen) atoms. The Hall–Kier alpha value is -2.00. The molecule has 9 heteroatoms. The smallest absolute Gasteiger partial charge is 0.306 e. The molecule has 0 saturated carbocycles. The SMILES string of the molecule is CCN(C)C(=O)C(C)NCC(O)Cn1cc([N+](=O)[O-])cn1. The zero-order valence-electron chi connectivity index (χ0n) is 12.4. The molecule has 1 amide bonds. The second-order valence-electron chi connectivity index (χ2n) is 4.81. The van der Waals surface area contributed by atoms with Crippen LogP contribution in [0.2, 0.25) is 0 Å². The van der Waals surface area contributed by atoms with Gasteiger partial charge in [-0.2, -0.15) is 5.10 Å². The molecule has 0 fully saturated rings. The number of rotatable bonds is 8. The Morgan fingerprint density at radius 2 is 2.33 bits per heavy atom. The van der Waals surface area contributed by atoms with Gasteiger partial charge in [-0.15, -0.1) is 0 Å². The molecule has 2 atom stereocenters. The average molecular weight is 299 g/mol. The van der Waals surface area contributed by atoms with E-state index in [0.717, 1.165) is 6.20 Å². The van der Waals surface area contributed by atoms with Crippen molar-refractivity contribution in [2.75, 3.05) is 20.1 Å². The molecule has 118 valence electrons. The van der Waals surface area contributed by atoms with Gasteiger partial charge in [-0.25, -0.2) is 0 Å². The molecule has 2 unspecified atom stereocenters. The first-order chi connectivity index (χ1) is 9.85. The Morgan fingerprint density at radius 3 is 2.86 bits per heavy atom. The summed E-state index contributed by atoms with van der Waals surface area (Å²) in [7, 11) is 1.71. The van der Waals surface area contributed by atoms with Gasteiger partial charge in [0.25, 0.3) is 0 Å². The molecule has 0 radical (unpaired) electrons. The van der Waals surface area contributed by atoms with Gasteiger partial charge >= 0.3 is 5.69 Å². The quantitative estimate of drug-likeness (QED) is 0.499. The van der Waals surface area contributed by atoms with Gasteiger partial charge in [0.1, 0.15) is 12.4 Å². The second-order valence-corrected chi connectivity index (χ2v) is 4.81. The van der Waals surface area contributed by atoms with E-state index >= 15 is 0 Å². The number of likely N-dealkylation sites (N-methyl/N-ethyl adjacent to an activating group) is 1. The molecule has 0 bridgehead atoms. The van der Waals surface area contributed by atoms with Crippen molar-refractivity contribution in [2.24, 2.45) is 0 Å². The predicted octanol–water partition coefficient (Wildman–Crippen LogP) is -0.391. The maximum atomic E-state index is 11.8. The van der Waals surface area contributed by atoms with E-state index in [2.05, 4.69) is 10.4 Å². The van der Waals surface area contributed by atoms with Gasteiger partial charge in [-0.1, -0.05) is 0 Å². The minimum Gasteiger partial charge on any atom is -0.390 e. The summed E-state index contributed by atoms with van der Waals surface area (Å²) in [4.78, 5) is 23.4. The molecule has 1 heterocycles. The number of nitro groups is 1. The van der Waals surface area contributed by atoms with Crippen LogP contribution in [0.3, 0.4) is 0 Å². The van der Waals surface area contributed by atoms with Crippen LogP contribution in [-0.4, -0.2) is 62.9 Å². The molecule has 2 N–H and O–H groups in total. The van der Waals surface area contributed by atoms with Crippen LogP contribution >= 0.6 is 0 Å². The Bertz CT molecular complexity index is 490. The van der Waals surface area contributed by atoms with Gasteiger partial charge in [0.15, 0.2) is 0 Å². The van der Waals surface area contributed by atoms with Gasteiger partial charge in [-0.3, -0.25) is 19.6 Å². The lowest BCUT2D eigenvalue weighted by Crippen LogP contribution is -2.45. The van der Waals surface area contributed by atoms with E-state index in [0.29, 0.717) is 6.54 Å². The Morgan fingerprint density at radius 1 is 1.67 bits per heavy atom. The van der Waals surface area contributed by atoms with E-state index in [1.54, 1.807) is 18.9 Å². The number of hydrogen-bond acceptors (Lipinski definition) is 6. The normalized spacial score (nSPS) is 13.7. The summed E-state index contributed by atoms with van der Waals surface area (Å²) in [6, 6.07) is -0.406. The summed E-state index contributed by atoms with van der Waals surface area (Å²) in [5, 5.41) is 27.1. The highest BCUT2D eigenvalue weighted by Crippen LogP contribution is 2.08. The highest BCUT2D eigenvalue weighted by molar-refractivity contribution is 5.81. The predicted molar refractivity (Wildman–Crippen MR) is 75.7 cm³/mol. The van der Waals surface area contributed by atoms with Crippen molar-refractivity contribution in [2.45, 2.75) is 32.5 Å². The third-order valence-electron chi connectivity index (χ3n) is 3.11. The molecule has 0 aliphatic rings. The lowest BCUT2D eigenvalue weighted by molar-refractivity contribution is -0.385. The minimum atomic E-state index is -0.799. The molecule has 0 aliphatic heterocycles. The van der Waals surface area contributed by atoms with E-state index in [4.69, 9.17) is 0 Å². The van der Waals surface area contributed by atoms with Crippen LogP contribution in [0.1, 0.15) is 13.8 Å². The summed E-state index contributed by atoms with van der Waals surface area (Å²) in [6.07, 6.45) is 1.58. The van der Waals surface area contributed by atoms with Crippen LogP contribution in [0.4, 0.5) is 5.69 Å². The number of amides is 1. The fourth-order valence-corrected chi connectivity index (χ4v) is 1.71. The molecule has 0 aromatic carbocycles. The van der Waals surface area contributed by atoms with Crippen LogP contribution in [0.25, 0.3) is 0 Å². The third kappa shape index (κ3) is 5.12. The van der Waals surface area contributed by atoms with E-state index in [1.807, 2.05) is 6.92 Å². The third-order valence-corrected chi connectivity index (χ3v) is 3.11. The molecule has 1 aromatic rings. The summed E-state index contributed by atoms with van der Waals surface area (Å²) < 4.78 is 1.30. The highest BCUT2D eigenvalue weighted by atomic mass is 16.6. The van der Waals surface area contributed by atoms with Gasteiger partial charge in [0.2, 0.25) is 5.91 Å². The van der Waals surface area contributed by atoms with Crippen LogP contribution in [0, 0.1) is 10.1 Å². The van der Waals surface area contributed by atoms with Crippen molar-refractivity contribution in [3.05, 3.63) is 22.5 Å². The van der Waals surface area contributed by atoms with E-state index < -0.39 is 17.1 Å². The first-order valence-corrected chi connectivity index (χ1v) is 6.68. The zero-order valence-corrected chi connectivity index (χ0v) is 12.4.